The van der Waals surface area contributed by atoms with Crippen LogP contribution in [0.25, 0.3) is 0 Å². The van der Waals surface area contributed by atoms with E-state index in [1.807, 2.05) is 29.8 Å². The first-order valence-electron chi connectivity index (χ1n) is 8.10. The van der Waals surface area contributed by atoms with E-state index in [9.17, 15) is 21.6 Å². The van der Waals surface area contributed by atoms with Gasteiger partial charge in [-0.15, -0.1) is 0 Å². The number of halogens is 3. The van der Waals surface area contributed by atoms with Gasteiger partial charge in [0.25, 0.3) is 0 Å². The van der Waals surface area contributed by atoms with Gasteiger partial charge in [0.15, 0.2) is 0 Å². The van der Waals surface area contributed by atoms with Crippen molar-refractivity contribution < 1.29 is 26.3 Å². The molecule has 4 nitrogen and oxygen atoms in total. The van der Waals surface area contributed by atoms with Gasteiger partial charge in [0.2, 0.25) is 0 Å². The van der Waals surface area contributed by atoms with Crippen LogP contribution < -0.4 is 13.9 Å². The summed E-state index contributed by atoms with van der Waals surface area (Å²) in [4.78, 5) is -0.290. The summed E-state index contributed by atoms with van der Waals surface area (Å²) in [6.07, 6.45) is 0.513. The molecular weight excluding hydrogens is 446 g/mol. The maximum absolute atomic E-state index is 12.9. The van der Waals surface area contributed by atoms with Gasteiger partial charge in [0.05, 0.1) is 0 Å². The van der Waals surface area contributed by atoms with Gasteiger partial charge in [-0.3, -0.25) is 0 Å². The molecular formula is C18H18F3NO3SSe. The number of nitrogens with one attached hydrogen (secondary N) is 1. The van der Waals surface area contributed by atoms with Crippen LogP contribution in [0.5, 0.6) is 5.75 Å². The van der Waals surface area contributed by atoms with E-state index in [0.717, 1.165) is 15.6 Å². The van der Waals surface area contributed by atoms with Gasteiger partial charge in [0.1, 0.15) is 0 Å². The van der Waals surface area contributed by atoms with E-state index in [-0.39, 0.29) is 19.8 Å². The van der Waals surface area contributed by atoms with E-state index in [4.69, 9.17) is 4.74 Å². The van der Waals surface area contributed by atoms with Crippen molar-refractivity contribution in [1.29, 1.82) is 0 Å². The van der Waals surface area contributed by atoms with Crippen LogP contribution in [-0.4, -0.2) is 36.0 Å². The number of ether oxygens (including phenoxy) is 1. The number of hydrogen-bond donors (Lipinski definition) is 1. The Labute approximate surface area is 162 Å². The summed E-state index contributed by atoms with van der Waals surface area (Å²) in [7, 11) is -3.90. The molecule has 9 heteroatoms. The van der Waals surface area contributed by atoms with Crippen LogP contribution in [-0.2, 0) is 16.4 Å². The molecule has 0 bridgehead atoms. The normalized spacial score (nSPS) is 19.7. The van der Waals surface area contributed by atoms with Gasteiger partial charge in [-0.1, -0.05) is 0 Å². The molecule has 1 aliphatic rings. The van der Waals surface area contributed by atoms with Gasteiger partial charge >= 0.3 is 162 Å². The Morgan fingerprint density at radius 2 is 1.85 bits per heavy atom. The van der Waals surface area contributed by atoms with Crippen molar-refractivity contribution in [2.24, 2.45) is 0 Å². The molecule has 0 radical (unpaired) electrons. The van der Waals surface area contributed by atoms with E-state index >= 15 is 0 Å². The van der Waals surface area contributed by atoms with Crippen LogP contribution in [0.3, 0.4) is 0 Å². The molecule has 0 fully saturated rings. The van der Waals surface area contributed by atoms with Crippen LogP contribution in [0.4, 0.5) is 13.2 Å². The summed E-state index contributed by atoms with van der Waals surface area (Å²) in [5, 5.41) is 0. The third kappa shape index (κ3) is 4.01. The zero-order valence-electron chi connectivity index (χ0n) is 14.6. The molecule has 0 aromatic heterocycles. The van der Waals surface area contributed by atoms with Crippen molar-refractivity contribution >= 4 is 29.4 Å². The van der Waals surface area contributed by atoms with Crippen molar-refractivity contribution in [3.05, 3.63) is 59.2 Å². The van der Waals surface area contributed by atoms with Crippen LogP contribution in [0, 0.1) is 6.92 Å². The summed E-state index contributed by atoms with van der Waals surface area (Å²) in [6.45, 7) is 1.91. The van der Waals surface area contributed by atoms with Crippen molar-refractivity contribution in [3.63, 3.8) is 0 Å². The molecule has 0 aliphatic heterocycles. The number of sulfonamides is 1. The Kier molecular flexibility index (Phi) is 5.59. The summed E-state index contributed by atoms with van der Waals surface area (Å²) in [5.41, 5.74) is -2.90. The second kappa shape index (κ2) is 7.47. The number of alkyl halides is 3. The van der Waals surface area contributed by atoms with Crippen LogP contribution in [0.1, 0.15) is 22.7 Å². The Morgan fingerprint density at radius 1 is 1.15 bits per heavy atom. The average Bonchev–Trinajstić information content (AvgIpc) is 2.93. The molecule has 2 aromatic carbocycles. The van der Waals surface area contributed by atoms with Crippen molar-refractivity contribution in [2.45, 2.75) is 29.7 Å². The standard InChI is InChI=1S/C18H18F3NO3SSe/c1-11-6-5-9-14(25-2)17(11)27-15-10-12-7-3-4-8-13(12)16(15)22-26(23,24)18(19,20)21/h3-9,15-16,22H,10H2,1-2H3. The van der Waals surface area contributed by atoms with Gasteiger partial charge in [0, 0.05) is 0 Å². The molecule has 0 heterocycles. The molecule has 2 aromatic rings. The molecule has 0 saturated carbocycles. The fraction of sp³-hybridized carbons (Fsp3) is 0.333. The van der Waals surface area contributed by atoms with E-state index < -0.39 is 21.6 Å². The zero-order valence-corrected chi connectivity index (χ0v) is 17.1. The van der Waals surface area contributed by atoms with Crippen molar-refractivity contribution in [1.82, 2.24) is 4.72 Å². The van der Waals surface area contributed by atoms with E-state index in [1.165, 1.54) is 0 Å². The fourth-order valence-electron chi connectivity index (χ4n) is 3.13. The first-order valence-corrected chi connectivity index (χ1v) is 11.4. The molecule has 146 valence electrons. The predicted octanol–water partition coefficient (Wildman–Crippen LogP) is 2.86. The second-order valence-electron chi connectivity index (χ2n) is 6.21. The molecule has 3 rings (SSSR count). The quantitative estimate of drug-likeness (QED) is 0.693. The number of fused-ring (bicyclic) bond motifs is 1. The number of methoxy groups -OCH3 is 1. The molecule has 27 heavy (non-hydrogen) atoms. The van der Waals surface area contributed by atoms with Gasteiger partial charge in [-0.05, 0) is 0 Å². The van der Waals surface area contributed by atoms with Gasteiger partial charge in [-0.2, -0.15) is 0 Å². The van der Waals surface area contributed by atoms with Crippen molar-refractivity contribution in [3.8, 4) is 5.75 Å². The Morgan fingerprint density at radius 3 is 2.52 bits per heavy atom. The SMILES string of the molecule is COc1cccc(C)c1[Se]C1Cc2ccccc2C1NS(=O)(=O)C(F)(F)F. The average molecular weight is 464 g/mol. The zero-order chi connectivity index (χ0) is 19.8. The van der Waals surface area contributed by atoms with Crippen LogP contribution in [0.15, 0.2) is 42.5 Å². The van der Waals surface area contributed by atoms with E-state index in [2.05, 4.69) is 0 Å². The molecule has 1 aliphatic carbocycles. The molecule has 0 amide bonds. The number of hydrogen-bond acceptors (Lipinski definition) is 3. The number of rotatable bonds is 5. The second-order valence-corrected chi connectivity index (χ2v) is 10.5. The van der Waals surface area contributed by atoms with Gasteiger partial charge in [-0.25, -0.2) is 0 Å². The Balaban J connectivity index is 1.98. The molecule has 0 spiro atoms. The van der Waals surface area contributed by atoms with Gasteiger partial charge < -0.3 is 0 Å². The summed E-state index contributed by atoms with van der Waals surface area (Å²) in [6, 6.07) is 11.7. The minimum atomic E-state index is -5.45. The fourth-order valence-corrected chi connectivity index (χ4v) is 7.10. The first kappa shape index (κ1) is 20.2. The minimum absolute atomic E-state index is 0.290. The maximum atomic E-state index is 12.9. The summed E-state index contributed by atoms with van der Waals surface area (Å²) < 4.78 is 70.5. The van der Waals surface area contributed by atoms with Crippen LogP contribution in [0.2, 0.25) is 4.82 Å². The topological polar surface area (TPSA) is 55.4 Å². The Bertz CT molecular complexity index is 947. The Hall–Kier alpha value is -1.54. The third-order valence-corrected chi connectivity index (χ3v) is 8.76. The van der Waals surface area contributed by atoms with E-state index in [1.54, 1.807) is 31.4 Å². The number of aryl methyl sites for hydroxylation is 1. The predicted molar refractivity (Wildman–Crippen MR) is 97.9 cm³/mol. The molecule has 0 saturated heterocycles. The third-order valence-electron chi connectivity index (χ3n) is 4.43. The van der Waals surface area contributed by atoms with Crippen molar-refractivity contribution in [2.75, 3.05) is 7.11 Å². The molecule has 2 atom stereocenters. The first-order chi connectivity index (χ1) is 12.6. The van der Waals surface area contributed by atoms with Crippen LogP contribution >= 0.6 is 0 Å². The summed E-state index contributed by atoms with van der Waals surface area (Å²) in [5.74, 6) is 0.670. The monoisotopic (exact) mass is 465 g/mol. The number of benzene rings is 2. The van der Waals surface area contributed by atoms with E-state index in [0.29, 0.717) is 17.7 Å². The summed E-state index contributed by atoms with van der Waals surface area (Å²) >= 11 is -0.297. The molecule has 1 N–H and O–H groups in total. The molecule has 2 unspecified atom stereocenters.